The standard InChI is InChI=1S/C26H18FN3O5S/c1-13-10-14(2)21-19(11-13)36-26(28-21)29-22(16-4-3-5-18(12-16)30(34)35)20(24(32)25(29)33)23(31)15-6-8-17(27)9-7-15/h3-12,22,31H,1-2H3/t22-/m1/s1. The van der Waals surface area contributed by atoms with Crippen LogP contribution in [0.5, 0.6) is 0 Å². The number of Topliss-reactive ketones (excluding diaryl/α,β-unsaturated/α-hetero) is 1. The van der Waals surface area contributed by atoms with Gasteiger partial charge in [0, 0.05) is 17.7 Å². The maximum absolute atomic E-state index is 13.5. The number of nitrogens with zero attached hydrogens (tertiary/aromatic N) is 3. The number of halogens is 1. The zero-order chi connectivity index (χ0) is 25.7. The molecule has 4 aromatic rings. The van der Waals surface area contributed by atoms with Gasteiger partial charge in [-0.3, -0.25) is 24.6 Å². The van der Waals surface area contributed by atoms with Crippen LogP contribution in [-0.4, -0.2) is 26.7 Å². The Morgan fingerprint density at radius 3 is 2.53 bits per heavy atom. The van der Waals surface area contributed by atoms with Gasteiger partial charge in [-0.1, -0.05) is 29.5 Å². The number of aliphatic hydroxyl groups is 1. The van der Waals surface area contributed by atoms with Gasteiger partial charge in [-0.15, -0.1) is 0 Å². The molecule has 180 valence electrons. The van der Waals surface area contributed by atoms with E-state index in [1.807, 2.05) is 26.0 Å². The van der Waals surface area contributed by atoms with Crippen LogP contribution in [0.15, 0.2) is 66.2 Å². The summed E-state index contributed by atoms with van der Waals surface area (Å²) in [6.07, 6.45) is 0. The van der Waals surface area contributed by atoms with Gasteiger partial charge in [-0.25, -0.2) is 9.37 Å². The van der Waals surface area contributed by atoms with E-state index in [1.165, 1.54) is 47.7 Å². The molecule has 3 aromatic carbocycles. The third-order valence-corrected chi connectivity index (χ3v) is 6.99. The van der Waals surface area contributed by atoms with E-state index >= 15 is 0 Å². The lowest BCUT2D eigenvalue weighted by atomic mass is 9.95. The predicted octanol–water partition coefficient (Wildman–Crippen LogP) is 5.59. The Hall–Kier alpha value is -4.44. The molecule has 0 saturated carbocycles. The van der Waals surface area contributed by atoms with Gasteiger partial charge in [0.25, 0.3) is 11.5 Å². The van der Waals surface area contributed by atoms with E-state index in [-0.39, 0.29) is 27.5 Å². The fraction of sp³-hybridized carbons (Fsp3) is 0.115. The average molecular weight is 504 g/mol. The average Bonchev–Trinajstić information content (AvgIpc) is 3.38. The third kappa shape index (κ3) is 3.81. The van der Waals surface area contributed by atoms with E-state index in [9.17, 15) is 29.2 Å². The molecular formula is C26H18FN3O5S. The number of aliphatic hydroxyl groups excluding tert-OH is 1. The van der Waals surface area contributed by atoms with Gasteiger partial charge in [0.2, 0.25) is 0 Å². The van der Waals surface area contributed by atoms with Gasteiger partial charge in [-0.05, 0) is 60.9 Å². The second kappa shape index (κ2) is 8.65. The smallest absolute Gasteiger partial charge is 0.301 e. The van der Waals surface area contributed by atoms with Gasteiger partial charge < -0.3 is 5.11 Å². The number of thiazole rings is 1. The van der Waals surface area contributed by atoms with Crippen molar-refractivity contribution in [1.29, 1.82) is 0 Å². The van der Waals surface area contributed by atoms with Crippen LogP contribution in [0.25, 0.3) is 16.0 Å². The van der Waals surface area contributed by atoms with E-state index in [0.717, 1.165) is 32.9 Å². The number of carbonyl (C=O) groups excluding carboxylic acids is 2. The molecule has 0 bridgehead atoms. The highest BCUT2D eigenvalue weighted by Gasteiger charge is 2.48. The van der Waals surface area contributed by atoms with Gasteiger partial charge in [0.15, 0.2) is 5.13 Å². The first-order chi connectivity index (χ1) is 17.2. The molecule has 1 N–H and O–H groups in total. The molecule has 1 aliphatic heterocycles. The number of rotatable bonds is 4. The van der Waals surface area contributed by atoms with Crippen LogP contribution < -0.4 is 4.90 Å². The molecule has 1 saturated heterocycles. The van der Waals surface area contributed by atoms with E-state index in [0.29, 0.717) is 5.52 Å². The number of aromatic nitrogens is 1. The minimum absolute atomic E-state index is 0.126. The zero-order valence-electron chi connectivity index (χ0n) is 19.1. The van der Waals surface area contributed by atoms with Gasteiger partial charge >= 0.3 is 5.91 Å². The minimum atomic E-state index is -1.18. The highest BCUT2D eigenvalue weighted by Crippen LogP contribution is 2.45. The fourth-order valence-corrected chi connectivity index (χ4v) is 5.55. The van der Waals surface area contributed by atoms with Crippen molar-refractivity contribution in [3.8, 4) is 0 Å². The fourth-order valence-electron chi connectivity index (χ4n) is 4.38. The third-order valence-electron chi connectivity index (χ3n) is 5.98. The Morgan fingerprint density at radius 1 is 1.11 bits per heavy atom. The Labute approximate surface area is 208 Å². The molecule has 1 fully saturated rings. The van der Waals surface area contributed by atoms with Crippen molar-refractivity contribution in [2.45, 2.75) is 19.9 Å². The zero-order valence-corrected chi connectivity index (χ0v) is 19.9. The molecule has 1 aromatic heterocycles. The Balaban J connectivity index is 1.76. The van der Waals surface area contributed by atoms with Crippen molar-refractivity contribution in [1.82, 2.24) is 4.98 Å². The van der Waals surface area contributed by atoms with E-state index in [2.05, 4.69) is 4.98 Å². The Bertz CT molecular complexity index is 1610. The topological polar surface area (TPSA) is 114 Å². The summed E-state index contributed by atoms with van der Waals surface area (Å²) in [6.45, 7) is 3.82. The van der Waals surface area contributed by atoms with Crippen molar-refractivity contribution >= 4 is 49.8 Å². The van der Waals surface area contributed by atoms with Gasteiger partial charge in [-0.2, -0.15) is 0 Å². The summed E-state index contributed by atoms with van der Waals surface area (Å²) in [4.78, 5) is 43.3. The molecule has 5 rings (SSSR count). The maximum atomic E-state index is 13.5. The first-order valence-electron chi connectivity index (χ1n) is 10.8. The first kappa shape index (κ1) is 23.3. The molecule has 10 heteroatoms. The van der Waals surface area contributed by atoms with Crippen molar-refractivity contribution < 1.29 is 24.0 Å². The van der Waals surface area contributed by atoms with Crippen LogP contribution in [0.3, 0.4) is 0 Å². The number of aryl methyl sites for hydroxylation is 2. The number of benzene rings is 3. The second-order valence-electron chi connectivity index (χ2n) is 8.45. The van der Waals surface area contributed by atoms with Crippen LogP contribution in [0, 0.1) is 29.8 Å². The number of carbonyl (C=O) groups is 2. The molecule has 1 amide bonds. The monoisotopic (exact) mass is 503 g/mol. The van der Waals surface area contributed by atoms with Crippen molar-refractivity contribution in [3.63, 3.8) is 0 Å². The molecule has 2 heterocycles. The number of non-ortho nitro benzene ring substituents is 1. The summed E-state index contributed by atoms with van der Waals surface area (Å²) in [5, 5.41) is 22.8. The lowest BCUT2D eigenvalue weighted by molar-refractivity contribution is -0.384. The lowest BCUT2D eigenvalue weighted by Crippen LogP contribution is -2.29. The Morgan fingerprint density at radius 2 is 1.83 bits per heavy atom. The predicted molar refractivity (Wildman–Crippen MR) is 133 cm³/mol. The summed E-state index contributed by atoms with van der Waals surface area (Å²) < 4.78 is 14.3. The summed E-state index contributed by atoms with van der Waals surface area (Å²) >= 11 is 1.20. The van der Waals surface area contributed by atoms with Crippen LogP contribution in [0.4, 0.5) is 15.2 Å². The largest absolute Gasteiger partial charge is 0.507 e. The van der Waals surface area contributed by atoms with Crippen LogP contribution in [-0.2, 0) is 9.59 Å². The normalized spacial score (nSPS) is 17.2. The maximum Gasteiger partial charge on any atom is 0.301 e. The molecule has 1 aliphatic rings. The second-order valence-corrected chi connectivity index (χ2v) is 9.46. The number of fused-ring (bicyclic) bond motifs is 1. The lowest BCUT2D eigenvalue weighted by Gasteiger charge is -2.22. The summed E-state index contributed by atoms with van der Waals surface area (Å²) in [5.41, 5.74) is 2.43. The molecule has 0 spiro atoms. The van der Waals surface area contributed by atoms with Crippen molar-refractivity contribution in [2.75, 3.05) is 4.90 Å². The molecule has 0 radical (unpaired) electrons. The number of hydrogen-bond donors (Lipinski definition) is 1. The molecule has 8 nitrogen and oxygen atoms in total. The number of amides is 1. The molecule has 1 atom stereocenters. The first-order valence-corrected chi connectivity index (χ1v) is 11.7. The summed E-state index contributed by atoms with van der Waals surface area (Å²) in [6, 6.07) is 13.0. The number of ketones is 1. The summed E-state index contributed by atoms with van der Waals surface area (Å²) in [7, 11) is 0. The molecule has 0 unspecified atom stereocenters. The highest BCUT2D eigenvalue weighted by molar-refractivity contribution is 7.22. The number of hydrogen-bond acceptors (Lipinski definition) is 7. The SMILES string of the molecule is Cc1cc(C)c2nc(N3C(=O)C(=O)C(=C(O)c4ccc(F)cc4)[C@H]3c3cccc([N+](=O)[O-])c3)sc2c1. The Kier molecular flexibility index (Phi) is 5.60. The highest BCUT2D eigenvalue weighted by atomic mass is 32.1. The molecule has 0 aliphatic carbocycles. The van der Waals surface area contributed by atoms with E-state index in [4.69, 9.17) is 0 Å². The quantitative estimate of drug-likeness (QED) is 0.128. The van der Waals surface area contributed by atoms with Crippen LogP contribution >= 0.6 is 11.3 Å². The van der Waals surface area contributed by atoms with Crippen LogP contribution in [0.2, 0.25) is 0 Å². The van der Waals surface area contributed by atoms with Crippen molar-refractivity contribution in [2.24, 2.45) is 0 Å². The van der Waals surface area contributed by atoms with Gasteiger partial charge in [0.05, 0.1) is 26.8 Å². The van der Waals surface area contributed by atoms with Gasteiger partial charge in [0.1, 0.15) is 11.6 Å². The number of nitro benzene ring substituents is 1. The number of nitro groups is 1. The summed E-state index contributed by atoms with van der Waals surface area (Å²) in [5.74, 6) is -2.95. The minimum Gasteiger partial charge on any atom is -0.507 e. The molecular weight excluding hydrogens is 485 g/mol. The number of anilines is 1. The van der Waals surface area contributed by atoms with Crippen molar-refractivity contribution in [3.05, 3.63) is 104 Å². The van der Waals surface area contributed by atoms with E-state index < -0.39 is 34.2 Å². The molecule has 36 heavy (non-hydrogen) atoms. The van der Waals surface area contributed by atoms with E-state index in [1.54, 1.807) is 0 Å². The van der Waals surface area contributed by atoms with Crippen LogP contribution in [0.1, 0.15) is 28.3 Å².